The minimum absolute atomic E-state index is 0.0359. The molecule has 1 aromatic rings. The van der Waals surface area contributed by atoms with Gasteiger partial charge in [0.15, 0.2) is 5.78 Å². The molecule has 0 radical (unpaired) electrons. The summed E-state index contributed by atoms with van der Waals surface area (Å²) in [6.07, 6.45) is 0. The number of benzene rings is 1. The molecule has 88 valence electrons. The topological polar surface area (TPSA) is 63.2 Å². The molecule has 0 heterocycles. The van der Waals surface area contributed by atoms with E-state index in [2.05, 4.69) is 4.72 Å². The Hall–Kier alpha value is -0.910. The Morgan fingerprint density at radius 1 is 1.44 bits per heavy atom. The van der Waals surface area contributed by atoms with Crippen molar-refractivity contribution in [1.29, 1.82) is 0 Å². The lowest BCUT2D eigenvalue weighted by atomic mass is 10.1. The summed E-state index contributed by atoms with van der Waals surface area (Å²) in [7, 11) is -3.63. The van der Waals surface area contributed by atoms with Crippen LogP contribution >= 0.6 is 11.6 Å². The highest BCUT2D eigenvalue weighted by atomic mass is 35.5. The van der Waals surface area contributed by atoms with Gasteiger partial charge in [-0.25, -0.2) is 13.1 Å². The van der Waals surface area contributed by atoms with Crippen LogP contribution in [0.5, 0.6) is 0 Å². The number of sulfonamides is 1. The Bertz CT molecular complexity index is 511. The van der Waals surface area contributed by atoms with Gasteiger partial charge >= 0.3 is 0 Å². The van der Waals surface area contributed by atoms with E-state index in [4.69, 9.17) is 11.6 Å². The van der Waals surface area contributed by atoms with Gasteiger partial charge in [0.1, 0.15) is 0 Å². The fraction of sp³-hybridized carbons (Fsp3) is 0.300. The first-order chi connectivity index (χ1) is 7.38. The first-order valence-corrected chi connectivity index (χ1v) is 6.54. The third-order valence-electron chi connectivity index (χ3n) is 1.94. The largest absolute Gasteiger partial charge is 0.294 e. The molecule has 0 saturated carbocycles. The predicted octanol–water partition coefficient (Wildman–Crippen LogP) is 1.84. The smallest absolute Gasteiger partial charge is 0.241 e. The van der Waals surface area contributed by atoms with E-state index < -0.39 is 10.0 Å². The molecule has 4 nitrogen and oxygen atoms in total. The van der Waals surface area contributed by atoms with Crippen molar-refractivity contribution in [2.45, 2.75) is 18.7 Å². The van der Waals surface area contributed by atoms with Crippen LogP contribution in [0.4, 0.5) is 0 Å². The summed E-state index contributed by atoms with van der Waals surface area (Å²) in [5.41, 5.74) is 0.105. The maximum Gasteiger partial charge on any atom is 0.241 e. The van der Waals surface area contributed by atoms with Crippen molar-refractivity contribution in [3.8, 4) is 0 Å². The lowest BCUT2D eigenvalue weighted by Gasteiger charge is -2.08. The normalized spacial score (nSPS) is 11.4. The number of hydrogen-bond acceptors (Lipinski definition) is 3. The van der Waals surface area contributed by atoms with E-state index in [1.54, 1.807) is 6.92 Å². The maximum atomic E-state index is 11.8. The number of halogens is 1. The second-order valence-corrected chi connectivity index (χ2v) is 5.37. The summed E-state index contributed by atoms with van der Waals surface area (Å²) in [4.78, 5) is 11.3. The number of Topliss-reactive ketones (excluding diaryl/α,β-unsaturated/α-hetero) is 1. The van der Waals surface area contributed by atoms with E-state index in [1.165, 1.54) is 25.1 Å². The molecule has 0 saturated heterocycles. The van der Waals surface area contributed by atoms with Crippen molar-refractivity contribution in [2.24, 2.45) is 0 Å². The van der Waals surface area contributed by atoms with E-state index in [-0.39, 0.29) is 22.8 Å². The van der Waals surface area contributed by atoms with Crippen LogP contribution < -0.4 is 4.72 Å². The third kappa shape index (κ3) is 2.81. The Kier molecular flexibility index (Phi) is 4.07. The summed E-state index contributed by atoms with van der Waals surface area (Å²) in [6.45, 7) is 3.24. The molecule has 16 heavy (non-hydrogen) atoms. The molecule has 0 aliphatic carbocycles. The Labute approximate surface area is 99.7 Å². The fourth-order valence-electron chi connectivity index (χ4n) is 1.28. The molecule has 1 aromatic carbocycles. The van der Waals surface area contributed by atoms with Crippen LogP contribution in [0.3, 0.4) is 0 Å². The highest BCUT2D eigenvalue weighted by molar-refractivity contribution is 7.89. The molecule has 0 amide bonds. The predicted molar refractivity (Wildman–Crippen MR) is 62.3 cm³/mol. The summed E-state index contributed by atoms with van der Waals surface area (Å²) in [6, 6.07) is 4.13. The zero-order valence-corrected chi connectivity index (χ0v) is 10.5. The van der Waals surface area contributed by atoms with E-state index in [9.17, 15) is 13.2 Å². The van der Waals surface area contributed by atoms with E-state index in [1.807, 2.05) is 0 Å². The summed E-state index contributed by atoms with van der Waals surface area (Å²) >= 11 is 5.72. The third-order valence-corrected chi connectivity index (χ3v) is 3.78. The summed E-state index contributed by atoms with van der Waals surface area (Å²) < 4.78 is 25.9. The minimum Gasteiger partial charge on any atom is -0.294 e. The van der Waals surface area contributed by atoms with Crippen molar-refractivity contribution in [3.63, 3.8) is 0 Å². The van der Waals surface area contributed by atoms with Gasteiger partial charge in [0, 0.05) is 17.1 Å². The van der Waals surface area contributed by atoms with Crippen LogP contribution in [-0.4, -0.2) is 20.7 Å². The zero-order chi connectivity index (χ0) is 12.3. The van der Waals surface area contributed by atoms with Crippen molar-refractivity contribution >= 4 is 27.4 Å². The van der Waals surface area contributed by atoms with Crippen LogP contribution in [-0.2, 0) is 10.0 Å². The minimum atomic E-state index is -3.63. The van der Waals surface area contributed by atoms with Crippen LogP contribution in [0.15, 0.2) is 23.1 Å². The number of ketones is 1. The molecule has 0 bridgehead atoms. The first kappa shape index (κ1) is 13.2. The van der Waals surface area contributed by atoms with E-state index >= 15 is 0 Å². The van der Waals surface area contributed by atoms with Crippen molar-refractivity contribution in [1.82, 2.24) is 4.72 Å². The molecule has 0 unspecified atom stereocenters. The first-order valence-electron chi connectivity index (χ1n) is 4.68. The Balaban J connectivity index is 3.39. The van der Waals surface area contributed by atoms with Gasteiger partial charge in [-0.1, -0.05) is 18.5 Å². The number of nitrogens with one attached hydrogen (secondary N) is 1. The highest BCUT2D eigenvalue weighted by Gasteiger charge is 2.19. The molecular formula is C10H12ClNO3S. The van der Waals surface area contributed by atoms with Gasteiger partial charge in [-0.3, -0.25) is 4.79 Å². The number of carbonyl (C=O) groups is 1. The number of carbonyl (C=O) groups excluding carboxylic acids is 1. The average Bonchev–Trinajstić information content (AvgIpc) is 2.16. The van der Waals surface area contributed by atoms with Gasteiger partial charge in [0.2, 0.25) is 10.0 Å². The van der Waals surface area contributed by atoms with Crippen LogP contribution in [0.2, 0.25) is 5.02 Å². The van der Waals surface area contributed by atoms with Gasteiger partial charge in [-0.15, -0.1) is 0 Å². The van der Waals surface area contributed by atoms with Crippen LogP contribution in [0.1, 0.15) is 24.2 Å². The molecule has 0 fully saturated rings. The SMILES string of the molecule is CCNS(=O)(=O)c1ccc(Cl)cc1C(C)=O. The Morgan fingerprint density at radius 3 is 2.56 bits per heavy atom. The fourth-order valence-corrected chi connectivity index (χ4v) is 2.73. The van der Waals surface area contributed by atoms with Gasteiger partial charge in [-0.05, 0) is 25.1 Å². The average molecular weight is 262 g/mol. The van der Waals surface area contributed by atoms with Crippen LogP contribution in [0.25, 0.3) is 0 Å². The number of hydrogen-bond donors (Lipinski definition) is 1. The van der Waals surface area contributed by atoms with E-state index in [0.29, 0.717) is 5.02 Å². The maximum absolute atomic E-state index is 11.8. The monoisotopic (exact) mass is 261 g/mol. The molecule has 1 rings (SSSR count). The molecular weight excluding hydrogens is 250 g/mol. The second-order valence-electron chi connectivity index (χ2n) is 3.20. The molecule has 1 N–H and O–H groups in total. The highest BCUT2D eigenvalue weighted by Crippen LogP contribution is 2.20. The standard InChI is InChI=1S/C10H12ClNO3S/c1-3-12-16(14,15)10-5-4-8(11)6-9(10)7(2)13/h4-6,12H,3H2,1-2H3. The second kappa shape index (κ2) is 4.95. The van der Waals surface area contributed by atoms with Gasteiger partial charge in [0.25, 0.3) is 0 Å². The summed E-state index contributed by atoms with van der Waals surface area (Å²) in [5, 5.41) is 0.334. The van der Waals surface area contributed by atoms with Gasteiger partial charge in [-0.2, -0.15) is 0 Å². The molecule has 6 heteroatoms. The van der Waals surface area contributed by atoms with E-state index in [0.717, 1.165) is 0 Å². The Morgan fingerprint density at radius 2 is 2.06 bits per heavy atom. The van der Waals surface area contributed by atoms with Crippen molar-refractivity contribution in [3.05, 3.63) is 28.8 Å². The van der Waals surface area contributed by atoms with Crippen molar-refractivity contribution in [2.75, 3.05) is 6.54 Å². The number of rotatable bonds is 4. The van der Waals surface area contributed by atoms with Gasteiger partial charge < -0.3 is 0 Å². The molecule has 0 aliphatic heterocycles. The quantitative estimate of drug-likeness (QED) is 0.842. The molecule has 0 aliphatic rings. The van der Waals surface area contributed by atoms with Gasteiger partial charge in [0.05, 0.1) is 4.90 Å². The lowest BCUT2D eigenvalue weighted by molar-refractivity contribution is 0.101. The van der Waals surface area contributed by atoms with Crippen molar-refractivity contribution < 1.29 is 13.2 Å². The zero-order valence-electron chi connectivity index (χ0n) is 8.95. The lowest BCUT2D eigenvalue weighted by Crippen LogP contribution is -2.24. The molecule has 0 spiro atoms. The molecule has 0 atom stereocenters. The van der Waals surface area contributed by atoms with Crippen LogP contribution in [0, 0.1) is 0 Å². The molecule has 0 aromatic heterocycles. The summed E-state index contributed by atoms with van der Waals surface area (Å²) in [5.74, 6) is -0.334.